The number of aromatic nitrogens is 2. The summed E-state index contributed by atoms with van der Waals surface area (Å²) in [6.45, 7) is 0.400. The predicted molar refractivity (Wildman–Crippen MR) is 53.2 cm³/mol. The van der Waals surface area contributed by atoms with Gasteiger partial charge in [-0.15, -0.1) is 0 Å². The minimum Gasteiger partial charge on any atom is -0.389 e. The quantitative estimate of drug-likeness (QED) is 0.728. The summed E-state index contributed by atoms with van der Waals surface area (Å²) in [7, 11) is -1.75. The van der Waals surface area contributed by atoms with Crippen molar-refractivity contribution in [2.75, 3.05) is 20.0 Å². The van der Waals surface area contributed by atoms with Crippen LogP contribution in [0.1, 0.15) is 0 Å². The van der Waals surface area contributed by atoms with Crippen molar-refractivity contribution in [2.45, 2.75) is 17.5 Å². The smallest absolute Gasteiger partial charge is 0.178 e. The molecule has 0 spiro atoms. The largest absolute Gasteiger partial charge is 0.389 e. The van der Waals surface area contributed by atoms with Crippen LogP contribution in [0.25, 0.3) is 0 Å². The second-order valence-electron chi connectivity index (χ2n) is 3.28. The van der Waals surface area contributed by atoms with Crippen molar-refractivity contribution >= 4 is 9.84 Å². The first-order valence-corrected chi connectivity index (χ1v) is 6.22. The minimum atomic E-state index is -3.23. The van der Waals surface area contributed by atoms with E-state index in [1.165, 1.54) is 24.2 Å². The zero-order valence-corrected chi connectivity index (χ0v) is 9.44. The number of aliphatic hydroxyl groups excluding tert-OH is 1. The van der Waals surface area contributed by atoms with Crippen LogP contribution in [0.2, 0.25) is 0 Å². The van der Waals surface area contributed by atoms with Gasteiger partial charge in [-0.2, -0.15) is 5.10 Å². The van der Waals surface area contributed by atoms with Crippen LogP contribution in [0.5, 0.6) is 0 Å². The molecule has 1 aromatic rings. The van der Waals surface area contributed by atoms with Crippen LogP contribution in [-0.4, -0.2) is 49.4 Å². The molecule has 0 saturated heterocycles. The van der Waals surface area contributed by atoms with Gasteiger partial charge >= 0.3 is 0 Å². The van der Waals surface area contributed by atoms with Crippen LogP contribution in [-0.2, 0) is 21.1 Å². The molecule has 1 atom stereocenters. The van der Waals surface area contributed by atoms with E-state index < -0.39 is 15.9 Å². The van der Waals surface area contributed by atoms with E-state index in [2.05, 4.69) is 5.10 Å². The lowest BCUT2D eigenvalue weighted by atomic mass is 10.4. The van der Waals surface area contributed by atoms with Gasteiger partial charge in [0.2, 0.25) is 0 Å². The Labute approximate surface area is 88.4 Å². The highest BCUT2D eigenvalue weighted by atomic mass is 32.2. The Morgan fingerprint density at radius 1 is 1.67 bits per heavy atom. The lowest BCUT2D eigenvalue weighted by molar-refractivity contribution is 0.0513. The Morgan fingerprint density at radius 3 is 2.80 bits per heavy atom. The van der Waals surface area contributed by atoms with Crippen LogP contribution >= 0.6 is 0 Å². The first-order chi connectivity index (χ1) is 6.93. The molecular formula is C8H14N2O4S. The molecule has 0 aliphatic carbocycles. The van der Waals surface area contributed by atoms with E-state index >= 15 is 0 Å². The average molecular weight is 234 g/mol. The average Bonchev–Trinajstić information content (AvgIpc) is 2.52. The third kappa shape index (κ3) is 3.61. The van der Waals surface area contributed by atoms with Gasteiger partial charge in [0.25, 0.3) is 0 Å². The van der Waals surface area contributed by atoms with Gasteiger partial charge < -0.3 is 9.84 Å². The Bertz CT molecular complexity index is 412. The maximum absolute atomic E-state index is 11.1. The molecule has 1 N–H and O–H groups in total. The molecule has 15 heavy (non-hydrogen) atoms. The second-order valence-corrected chi connectivity index (χ2v) is 5.30. The van der Waals surface area contributed by atoms with Crippen molar-refractivity contribution in [1.29, 1.82) is 0 Å². The van der Waals surface area contributed by atoms with Gasteiger partial charge in [0.05, 0.1) is 25.5 Å². The summed E-state index contributed by atoms with van der Waals surface area (Å²) in [5.74, 6) is 0. The minimum absolute atomic E-state index is 0.145. The molecule has 1 unspecified atom stereocenters. The number of aliphatic hydroxyl groups is 1. The number of nitrogens with zero attached hydrogens (tertiary/aromatic N) is 2. The fraction of sp³-hybridized carbons (Fsp3) is 0.625. The van der Waals surface area contributed by atoms with Gasteiger partial charge in [0.1, 0.15) is 4.90 Å². The fourth-order valence-electron chi connectivity index (χ4n) is 1.10. The van der Waals surface area contributed by atoms with E-state index in [1.54, 1.807) is 0 Å². The van der Waals surface area contributed by atoms with E-state index in [4.69, 9.17) is 4.74 Å². The topological polar surface area (TPSA) is 81.4 Å². The van der Waals surface area contributed by atoms with E-state index in [9.17, 15) is 13.5 Å². The van der Waals surface area contributed by atoms with Crippen LogP contribution in [0.3, 0.4) is 0 Å². The lowest BCUT2D eigenvalue weighted by Gasteiger charge is -2.08. The number of ether oxygens (including phenoxy) is 1. The molecule has 0 aliphatic heterocycles. The van der Waals surface area contributed by atoms with Gasteiger partial charge in [-0.25, -0.2) is 8.42 Å². The molecule has 7 heteroatoms. The monoisotopic (exact) mass is 234 g/mol. The maximum Gasteiger partial charge on any atom is 0.178 e. The molecule has 1 rings (SSSR count). The second kappa shape index (κ2) is 4.73. The molecule has 0 aliphatic rings. The Balaban J connectivity index is 2.69. The van der Waals surface area contributed by atoms with Crippen molar-refractivity contribution in [3.05, 3.63) is 12.4 Å². The number of rotatable bonds is 5. The lowest BCUT2D eigenvalue weighted by Crippen LogP contribution is -2.21. The molecule has 86 valence electrons. The molecular weight excluding hydrogens is 220 g/mol. The van der Waals surface area contributed by atoms with E-state index in [-0.39, 0.29) is 18.0 Å². The van der Waals surface area contributed by atoms with E-state index in [1.807, 2.05) is 0 Å². The Hall–Kier alpha value is -0.920. The zero-order chi connectivity index (χ0) is 11.5. The molecule has 6 nitrogen and oxygen atoms in total. The SMILES string of the molecule is COCC(O)Cn1cc(S(C)(=O)=O)cn1. The van der Waals surface area contributed by atoms with Crippen LogP contribution in [0.4, 0.5) is 0 Å². The van der Waals surface area contributed by atoms with Gasteiger partial charge in [0, 0.05) is 19.6 Å². The summed E-state index contributed by atoms with van der Waals surface area (Å²) >= 11 is 0. The highest BCUT2D eigenvalue weighted by Crippen LogP contribution is 2.06. The first-order valence-electron chi connectivity index (χ1n) is 4.33. The molecule has 1 heterocycles. The molecule has 0 amide bonds. The Kier molecular flexibility index (Phi) is 3.83. The molecule has 0 radical (unpaired) electrons. The standard InChI is InChI=1S/C8H14N2O4S/c1-14-6-7(11)4-10-5-8(3-9-10)15(2,12)13/h3,5,7,11H,4,6H2,1-2H3. The summed E-state index contributed by atoms with van der Waals surface area (Å²) in [6, 6.07) is 0. The van der Waals surface area contributed by atoms with Crippen LogP contribution < -0.4 is 0 Å². The first kappa shape index (κ1) is 12.2. The molecule has 1 aromatic heterocycles. The van der Waals surface area contributed by atoms with Gasteiger partial charge in [-0.1, -0.05) is 0 Å². The van der Waals surface area contributed by atoms with Crippen LogP contribution in [0.15, 0.2) is 17.3 Å². The number of hydrogen-bond donors (Lipinski definition) is 1. The number of methoxy groups -OCH3 is 1. The van der Waals surface area contributed by atoms with E-state index in [0.29, 0.717) is 0 Å². The highest BCUT2D eigenvalue weighted by Gasteiger charge is 2.11. The normalized spacial score (nSPS) is 14.1. The van der Waals surface area contributed by atoms with Gasteiger partial charge in [-0.3, -0.25) is 4.68 Å². The van der Waals surface area contributed by atoms with Crippen molar-refractivity contribution < 1.29 is 18.3 Å². The Morgan fingerprint density at radius 2 is 2.33 bits per heavy atom. The van der Waals surface area contributed by atoms with Gasteiger partial charge in [0.15, 0.2) is 9.84 Å². The molecule has 0 fully saturated rings. The predicted octanol–water partition coefficient (Wildman–Crippen LogP) is -0.706. The van der Waals surface area contributed by atoms with Crippen molar-refractivity contribution in [1.82, 2.24) is 9.78 Å². The fourth-order valence-corrected chi connectivity index (χ4v) is 1.65. The van der Waals surface area contributed by atoms with E-state index in [0.717, 1.165) is 6.26 Å². The summed E-state index contributed by atoms with van der Waals surface area (Å²) in [6.07, 6.45) is 3.06. The number of sulfone groups is 1. The number of hydrogen-bond acceptors (Lipinski definition) is 5. The zero-order valence-electron chi connectivity index (χ0n) is 8.62. The summed E-state index contributed by atoms with van der Waals surface area (Å²) < 4.78 is 28.3. The summed E-state index contributed by atoms with van der Waals surface area (Å²) in [4.78, 5) is 0.145. The molecule has 0 aromatic carbocycles. The van der Waals surface area contributed by atoms with Crippen LogP contribution in [0, 0.1) is 0 Å². The highest BCUT2D eigenvalue weighted by molar-refractivity contribution is 7.90. The third-order valence-electron chi connectivity index (χ3n) is 1.79. The van der Waals surface area contributed by atoms with Gasteiger partial charge in [-0.05, 0) is 0 Å². The summed E-state index contributed by atoms with van der Waals surface area (Å²) in [5, 5.41) is 13.2. The molecule has 0 bridgehead atoms. The van der Waals surface area contributed by atoms with Crippen molar-refractivity contribution in [2.24, 2.45) is 0 Å². The molecule has 0 saturated carbocycles. The third-order valence-corrected chi connectivity index (χ3v) is 2.86. The summed E-state index contributed by atoms with van der Waals surface area (Å²) in [5.41, 5.74) is 0. The maximum atomic E-state index is 11.1. The van der Waals surface area contributed by atoms with Crippen molar-refractivity contribution in [3.63, 3.8) is 0 Å². The van der Waals surface area contributed by atoms with Crippen molar-refractivity contribution in [3.8, 4) is 0 Å².